The molecule has 0 saturated carbocycles. The maximum absolute atomic E-state index is 12.9. The standard InChI is InChI=1S/C9H10F3N/c10-7-2-1-6(9(12)4-7)3-8(11)5-13/h1-2,4,8H,3,5,13H2. The van der Waals surface area contributed by atoms with Crippen LogP contribution in [0.3, 0.4) is 0 Å². The summed E-state index contributed by atoms with van der Waals surface area (Å²) in [6.45, 7) is -0.156. The van der Waals surface area contributed by atoms with E-state index in [0.717, 1.165) is 12.1 Å². The molecule has 1 rings (SSSR count). The van der Waals surface area contributed by atoms with Crippen LogP contribution in [0, 0.1) is 11.6 Å². The summed E-state index contributed by atoms with van der Waals surface area (Å²) >= 11 is 0. The average molecular weight is 189 g/mol. The largest absolute Gasteiger partial charge is 0.328 e. The van der Waals surface area contributed by atoms with Gasteiger partial charge in [-0.1, -0.05) is 6.07 Å². The fourth-order valence-electron chi connectivity index (χ4n) is 1.01. The summed E-state index contributed by atoms with van der Waals surface area (Å²) in [5, 5.41) is 0. The van der Waals surface area contributed by atoms with E-state index in [9.17, 15) is 13.2 Å². The molecule has 0 radical (unpaired) electrons. The summed E-state index contributed by atoms with van der Waals surface area (Å²) < 4.78 is 38.0. The number of alkyl halides is 1. The number of benzene rings is 1. The molecule has 0 fully saturated rings. The Kier molecular flexibility index (Phi) is 3.31. The Labute approximate surface area is 74.4 Å². The van der Waals surface area contributed by atoms with Crippen molar-refractivity contribution in [2.75, 3.05) is 6.54 Å². The van der Waals surface area contributed by atoms with E-state index < -0.39 is 17.8 Å². The van der Waals surface area contributed by atoms with Gasteiger partial charge in [-0.3, -0.25) is 0 Å². The van der Waals surface area contributed by atoms with E-state index in [1.54, 1.807) is 0 Å². The predicted molar refractivity (Wildman–Crippen MR) is 44.0 cm³/mol. The van der Waals surface area contributed by atoms with E-state index >= 15 is 0 Å². The van der Waals surface area contributed by atoms with Crippen LogP contribution in [-0.2, 0) is 6.42 Å². The first-order valence-electron chi connectivity index (χ1n) is 3.91. The SMILES string of the molecule is NCC(F)Cc1ccc(F)cc1F. The summed E-state index contributed by atoms with van der Waals surface area (Å²) in [6, 6.07) is 3.06. The third kappa shape index (κ3) is 2.73. The smallest absolute Gasteiger partial charge is 0.129 e. The summed E-state index contributed by atoms with van der Waals surface area (Å²) in [5.41, 5.74) is 5.18. The van der Waals surface area contributed by atoms with Gasteiger partial charge in [0.15, 0.2) is 0 Å². The van der Waals surface area contributed by atoms with Crippen molar-refractivity contribution < 1.29 is 13.2 Å². The van der Waals surface area contributed by atoms with E-state index in [1.807, 2.05) is 0 Å². The van der Waals surface area contributed by atoms with Crippen LogP contribution >= 0.6 is 0 Å². The first-order chi connectivity index (χ1) is 6.13. The molecule has 1 nitrogen and oxygen atoms in total. The molecule has 0 spiro atoms. The molecular weight excluding hydrogens is 179 g/mol. The van der Waals surface area contributed by atoms with Gasteiger partial charge in [-0.25, -0.2) is 13.2 Å². The molecule has 0 aliphatic rings. The highest BCUT2D eigenvalue weighted by atomic mass is 19.1. The molecule has 0 aromatic heterocycles. The highest BCUT2D eigenvalue weighted by Crippen LogP contribution is 2.12. The molecule has 1 aromatic carbocycles. The van der Waals surface area contributed by atoms with Gasteiger partial charge >= 0.3 is 0 Å². The molecule has 13 heavy (non-hydrogen) atoms. The van der Waals surface area contributed by atoms with Crippen molar-refractivity contribution in [3.05, 3.63) is 35.4 Å². The van der Waals surface area contributed by atoms with Crippen LogP contribution < -0.4 is 5.73 Å². The molecular formula is C9H10F3N. The van der Waals surface area contributed by atoms with E-state index in [2.05, 4.69) is 0 Å². The Bertz CT molecular complexity index is 288. The second kappa shape index (κ2) is 4.28. The molecule has 0 aliphatic carbocycles. The lowest BCUT2D eigenvalue weighted by Crippen LogP contribution is -2.18. The molecule has 72 valence electrons. The third-order valence-corrected chi connectivity index (χ3v) is 1.71. The van der Waals surface area contributed by atoms with E-state index in [4.69, 9.17) is 5.73 Å². The number of nitrogens with two attached hydrogens (primary N) is 1. The van der Waals surface area contributed by atoms with Gasteiger partial charge < -0.3 is 5.73 Å². The van der Waals surface area contributed by atoms with Crippen molar-refractivity contribution >= 4 is 0 Å². The molecule has 1 unspecified atom stereocenters. The van der Waals surface area contributed by atoms with Gasteiger partial charge in [0.05, 0.1) is 0 Å². The Morgan fingerprint density at radius 3 is 2.54 bits per heavy atom. The van der Waals surface area contributed by atoms with Gasteiger partial charge in [0.2, 0.25) is 0 Å². The zero-order valence-electron chi connectivity index (χ0n) is 6.93. The summed E-state index contributed by atoms with van der Waals surface area (Å²) in [5.74, 6) is -1.39. The van der Waals surface area contributed by atoms with Crippen molar-refractivity contribution in [3.63, 3.8) is 0 Å². The van der Waals surface area contributed by atoms with Crippen molar-refractivity contribution in [1.29, 1.82) is 0 Å². The van der Waals surface area contributed by atoms with Crippen LogP contribution in [0.2, 0.25) is 0 Å². The lowest BCUT2D eigenvalue weighted by molar-refractivity contribution is 0.336. The quantitative estimate of drug-likeness (QED) is 0.770. The molecule has 0 aliphatic heterocycles. The van der Waals surface area contributed by atoms with Crippen LogP contribution in [-0.4, -0.2) is 12.7 Å². The maximum Gasteiger partial charge on any atom is 0.129 e. The van der Waals surface area contributed by atoms with Gasteiger partial charge in [0.1, 0.15) is 17.8 Å². The molecule has 4 heteroatoms. The highest BCUT2D eigenvalue weighted by molar-refractivity contribution is 5.19. The van der Waals surface area contributed by atoms with Crippen LogP contribution in [0.4, 0.5) is 13.2 Å². The summed E-state index contributed by atoms with van der Waals surface area (Å²) in [7, 11) is 0. The van der Waals surface area contributed by atoms with Gasteiger partial charge in [0, 0.05) is 19.0 Å². The third-order valence-electron chi connectivity index (χ3n) is 1.71. The fraction of sp³-hybridized carbons (Fsp3) is 0.333. The second-order valence-corrected chi connectivity index (χ2v) is 2.77. The van der Waals surface area contributed by atoms with Gasteiger partial charge in [-0.05, 0) is 11.6 Å². The summed E-state index contributed by atoms with van der Waals surface area (Å²) in [6.07, 6.45) is -1.39. The number of halogens is 3. The lowest BCUT2D eigenvalue weighted by Gasteiger charge is -2.05. The van der Waals surface area contributed by atoms with Crippen LogP contribution in [0.25, 0.3) is 0 Å². The maximum atomic E-state index is 12.9. The minimum absolute atomic E-state index is 0.109. The van der Waals surface area contributed by atoms with Gasteiger partial charge in [0.25, 0.3) is 0 Å². The van der Waals surface area contributed by atoms with Crippen molar-refractivity contribution in [2.45, 2.75) is 12.6 Å². The Morgan fingerprint density at radius 1 is 1.31 bits per heavy atom. The summed E-state index contributed by atoms with van der Waals surface area (Å²) in [4.78, 5) is 0. The van der Waals surface area contributed by atoms with E-state index in [-0.39, 0.29) is 18.5 Å². The molecule has 1 atom stereocenters. The molecule has 0 amide bonds. The number of rotatable bonds is 3. The Balaban J connectivity index is 2.77. The van der Waals surface area contributed by atoms with E-state index in [0.29, 0.717) is 0 Å². The second-order valence-electron chi connectivity index (χ2n) is 2.77. The zero-order chi connectivity index (χ0) is 9.84. The zero-order valence-corrected chi connectivity index (χ0v) is 6.93. The van der Waals surface area contributed by atoms with Crippen molar-refractivity contribution in [3.8, 4) is 0 Å². The van der Waals surface area contributed by atoms with Crippen LogP contribution in [0.15, 0.2) is 18.2 Å². The van der Waals surface area contributed by atoms with Gasteiger partial charge in [-0.2, -0.15) is 0 Å². The topological polar surface area (TPSA) is 26.0 Å². The van der Waals surface area contributed by atoms with Gasteiger partial charge in [-0.15, -0.1) is 0 Å². The molecule has 0 saturated heterocycles. The first-order valence-corrected chi connectivity index (χ1v) is 3.91. The van der Waals surface area contributed by atoms with Crippen molar-refractivity contribution in [1.82, 2.24) is 0 Å². The van der Waals surface area contributed by atoms with Crippen LogP contribution in [0.5, 0.6) is 0 Å². The lowest BCUT2D eigenvalue weighted by atomic mass is 10.1. The predicted octanol–water partition coefficient (Wildman–Crippen LogP) is 1.80. The number of hydrogen-bond donors (Lipinski definition) is 1. The van der Waals surface area contributed by atoms with E-state index in [1.165, 1.54) is 6.07 Å². The highest BCUT2D eigenvalue weighted by Gasteiger charge is 2.09. The average Bonchev–Trinajstić information content (AvgIpc) is 2.09. The fourth-order valence-corrected chi connectivity index (χ4v) is 1.01. The minimum Gasteiger partial charge on any atom is -0.328 e. The number of hydrogen-bond acceptors (Lipinski definition) is 1. The Hall–Kier alpha value is -1.03. The Morgan fingerprint density at radius 2 is 2.00 bits per heavy atom. The molecule has 2 N–H and O–H groups in total. The molecule has 0 bridgehead atoms. The first kappa shape index (κ1) is 10.1. The normalized spacial score (nSPS) is 12.9. The molecule has 1 aromatic rings. The molecule has 0 heterocycles. The monoisotopic (exact) mass is 189 g/mol. The minimum atomic E-state index is -1.28. The van der Waals surface area contributed by atoms with Crippen molar-refractivity contribution in [2.24, 2.45) is 5.73 Å². The van der Waals surface area contributed by atoms with Crippen LogP contribution in [0.1, 0.15) is 5.56 Å².